The van der Waals surface area contributed by atoms with Gasteiger partial charge >= 0.3 is 0 Å². The highest BCUT2D eigenvalue weighted by Gasteiger charge is 2.23. The molecule has 0 radical (unpaired) electrons. The molecule has 96 valence electrons. The van der Waals surface area contributed by atoms with E-state index in [2.05, 4.69) is 10.4 Å². The first-order valence-electron chi connectivity index (χ1n) is 6.59. The van der Waals surface area contributed by atoms with Crippen LogP contribution in [0.4, 0.5) is 0 Å². The molecule has 4 heteroatoms. The summed E-state index contributed by atoms with van der Waals surface area (Å²) in [5.41, 5.74) is 1.21. The van der Waals surface area contributed by atoms with Crippen molar-refractivity contribution in [2.75, 3.05) is 13.2 Å². The topological polar surface area (TPSA) is 50.1 Å². The molecule has 17 heavy (non-hydrogen) atoms. The van der Waals surface area contributed by atoms with Gasteiger partial charge in [-0.1, -0.05) is 12.8 Å². The van der Waals surface area contributed by atoms with Gasteiger partial charge in [0.1, 0.15) is 0 Å². The van der Waals surface area contributed by atoms with Gasteiger partial charge in [0.25, 0.3) is 0 Å². The third kappa shape index (κ3) is 3.30. The van der Waals surface area contributed by atoms with Crippen molar-refractivity contribution >= 4 is 0 Å². The number of nitrogens with zero attached hydrogens (tertiary/aromatic N) is 2. The Hall–Kier alpha value is -0.870. The smallest absolute Gasteiger partial charge is 0.0518 e. The average Bonchev–Trinajstić information content (AvgIpc) is 2.76. The van der Waals surface area contributed by atoms with Gasteiger partial charge in [-0.2, -0.15) is 5.10 Å². The number of aliphatic hydroxyl groups is 1. The standard InChI is InChI=1S/C13H23N3O/c1-16-13(6-7-15-16)9-14-8-11-4-2-3-5-12(11)10-17/h6-7,11-12,14,17H,2-5,8-10H2,1H3. The summed E-state index contributed by atoms with van der Waals surface area (Å²) in [5.74, 6) is 1.14. The van der Waals surface area contributed by atoms with Gasteiger partial charge in [0, 0.05) is 26.4 Å². The van der Waals surface area contributed by atoms with Crippen LogP contribution in [0.1, 0.15) is 31.4 Å². The Morgan fingerprint density at radius 3 is 2.82 bits per heavy atom. The van der Waals surface area contributed by atoms with Gasteiger partial charge in [-0.3, -0.25) is 4.68 Å². The van der Waals surface area contributed by atoms with Crippen LogP contribution in [0.3, 0.4) is 0 Å². The van der Waals surface area contributed by atoms with Gasteiger partial charge < -0.3 is 10.4 Å². The predicted octanol–water partition coefficient (Wildman–Crippen LogP) is 1.31. The van der Waals surface area contributed by atoms with Crippen molar-refractivity contribution in [3.8, 4) is 0 Å². The molecule has 1 aromatic heterocycles. The minimum absolute atomic E-state index is 0.345. The number of hydrogen-bond acceptors (Lipinski definition) is 3. The van der Waals surface area contributed by atoms with Crippen molar-refractivity contribution in [3.05, 3.63) is 18.0 Å². The second-order valence-electron chi connectivity index (χ2n) is 5.06. The largest absolute Gasteiger partial charge is 0.396 e. The Balaban J connectivity index is 1.75. The summed E-state index contributed by atoms with van der Waals surface area (Å²) in [6.07, 6.45) is 6.87. The van der Waals surface area contributed by atoms with Crippen molar-refractivity contribution in [3.63, 3.8) is 0 Å². The first kappa shape index (κ1) is 12.6. The van der Waals surface area contributed by atoms with E-state index in [1.54, 1.807) is 0 Å². The normalized spacial score (nSPS) is 25.1. The highest BCUT2D eigenvalue weighted by Crippen LogP contribution is 2.29. The van der Waals surface area contributed by atoms with Crippen LogP contribution in [-0.2, 0) is 13.6 Å². The lowest BCUT2D eigenvalue weighted by Crippen LogP contribution is -2.32. The molecule has 0 amide bonds. The Morgan fingerprint density at radius 2 is 2.18 bits per heavy atom. The summed E-state index contributed by atoms with van der Waals surface area (Å²) in [7, 11) is 1.97. The molecule has 2 atom stereocenters. The number of aromatic nitrogens is 2. The molecular weight excluding hydrogens is 214 g/mol. The van der Waals surface area contributed by atoms with Crippen LogP contribution < -0.4 is 5.32 Å². The fraction of sp³-hybridized carbons (Fsp3) is 0.769. The van der Waals surface area contributed by atoms with Crippen molar-refractivity contribution in [2.24, 2.45) is 18.9 Å². The third-order valence-electron chi connectivity index (χ3n) is 3.94. The Kier molecular flexibility index (Phi) is 4.57. The maximum atomic E-state index is 9.35. The van der Waals surface area contributed by atoms with Crippen molar-refractivity contribution < 1.29 is 5.11 Å². The molecule has 2 N–H and O–H groups in total. The van der Waals surface area contributed by atoms with E-state index in [1.165, 1.54) is 31.4 Å². The van der Waals surface area contributed by atoms with Crippen molar-refractivity contribution in [2.45, 2.75) is 32.2 Å². The molecule has 1 aromatic rings. The first-order valence-corrected chi connectivity index (χ1v) is 6.59. The minimum atomic E-state index is 0.345. The Labute approximate surface area is 103 Å². The molecular formula is C13H23N3O. The van der Waals surface area contributed by atoms with E-state index in [9.17, 15) is 5.11 Å². The molecule has 0 bridgehead atoms. The van der Waals surface area contributed by atoms with E-state index in [4.69, 9.17) is 0 Å². The molecule has 1 heterocycles. The highest BCUT2D eigenvalue weighted by molar-refractivity contribution is 4.99. The lowest BCUT2D eigenvalue weighted by atomic mass is 9.79. The predicted molar refractivity (Wildman–Crippen MR) is 67.4 cm³/mol. The van der Waals surface area contributed by atoms with E-state index in [0.717, 1.165) is 13.1 Å². The number of nitrogens with one attached hydrogen (secondary N) is 1. The van der Waals surface area contributed by atoms with Gasteiger partial charge in [0.15, 0.2) is 0 Å². The summed E-state index contributed by atoms with van der Waals surface area (Å²) >= 11 is 0. The number of rotatable bonds is 5. The van der Waals surface area contributed by atoms with E-state index in [-0.39, 0.29) is 0 Å². The zero-order chi connectivity index (χ0) is 12.1. The van der Waals surface area contributed by atoms with Crippen LogP contribution in [0.25, 0.3) is 0 Å². The van der Waals surface area contributed by atoms with Crippen LogP contribution in [0, 0.1) is 11.8 Å². The highest BCUT2D eigenvalue weighted by atomic mass is 16.3. The zero-order valence-electron chi connectivity index (χ0n) is 10.6. The zero-order valence-corrected chi connectivity index (χ0v) is 10.6. The third-order valence-corrected chi connectivity index (χ3v) is 3.94. The maximum absolute atomic E-state index is 9.35. The molecule has 1 fully saturated rings. The molecule has 1 aliphatic rings. The Morgan fingerprint density at radius 1 is 1.41 bits per heavy atom. The van der Waals surface area contributed by atoms with Crippen LogP contribution in [0.2, 0.25) is 0 Å². The van der Waals surface area contributed by atoms with Crippen LogP contribution in [0.15, 0.2) is 12.3 Å². The summed E-state index contributed by atoms with van der Waals surface area (Å²) in [5, 5.41) is 17.0. The van der Waals surface area contributed by atoms with Gasteiger partial charge in [-0.05, 0) is 37.3 Å². The average molecular weight is 237 g/mol. The molecule has 0 spiro atoms. The molecule has 1 aliphatic carbocycles. The summed E-state index contributed by atoms with van der Waals surface area (Å²) in [6, 6.07) is 2.04. The van der Waals surface area contributed by atoms with E-state index < -0.39 is 0 Å². The summed E-state index contributed by atoms with van der Waals surface area (Å²) in [6.45, 7) is 2.22. The quantitative estimate of drug-likeness (QED) is 0.812. The van der Waals surface area contributed by atoms with E-state index in [1.807, 2.05) is 24.0 Å². The van der Waals surface area contributed by atoms with Crippen LogP contribution >= 0.6 is 0 Å². The van der Waals surface area contributed by atoms with Gasteiger partial charge in [-0.25, -0.2) is 0 Å². The SMILES string of the molecule is Cn1nccc1CNCC1CCCCC1CO. The minimum Gasteiger partial charge on any atom is -0.396 e. The van der Waals surface area contributed by atoms with Crippen LogP contribution in [-0.4, -0.2) is 28.0 Å². The second-order valence-corrected chi connectivity index (χ2v) is 5.06. The molecule has 4 nitrogen and oxygen atoms in total. The van der Waals surface area contributed by atoms with E-state index in [0.29, 0.717) is 18.4 Å². The van der Waals surface area contributed by atoms with Crippen molar-refractivity contribution in [1.82, 2.24) is 15.1 Å². The summed E-state index contributed by atoms with van der Waals surface area (Å²) < 4.78 is 1.90. The van der Waals surface area contributed by atoms with Crippen molar-refractivity contribution in [1.29, 1.82) is 0 Å². The molecule has 0 aromatic carbocycles. The Bertz CT molecular complexity index is 337. The number of aliphatic hydroxyl groups excluding tert-OH is 1. The lowest BCUT2D eigenvalue weighted by Gasteiger charge is -2.30. The second kappa shape index (κ2) is 6.17. The number of hydrogen-bond donors (Lipinski definition) is 2. The fourth-order valence-corrected chi connectivity index (χ4v) is 2.75. The molecule has 2 unspecified atom stereocenters. The van der Waals surface area contributed by atoms with Gasteiger partial charge in [-0.15, -0.1) is 0 Å². The maximum Gasteiger partial charge on any atom is 0.0518 e. The molecule has 1 saturated carbocycles. The number of aryl methyl sites for hydroxylation is 1. The van der Waals surface area contributed by atoms with E-state index >= 15 is 0 Å². The lowest BCUT2D eigenvalue weighted by molar-refractivity contribution is 0.133. The van der Waals surface area contributed by atoms with Gasteiger partial charge in [0.05, 0.1) is 5.69 Å². The molecule has 0 saturated heterocycles. The summed E-state index contributed by atoms with van der Waals surface area (Å²) in [4.78, 5) is 0. The molecule has 2 rings (SSSR count). The van der Waals surface area contributed by atoms with Crippen LogP contribution in [0.5, 0.6) is 0 Å². The van der Waals surface area contributed by atoms with Gasteiger partial charge in [0.2, 0.25) is 0 Å². The molecule has 0 aliphatic heterocycles. The monoisotopic (exact) mass is 237 g/mol. The first-order chi connectivity index (χ1) is 8.31. The fourth-order valence-electron chi connectivity index (χ4n) is 2.75.